The Kier molecular flexibility index (Phi) is 5.00. The zero-order valence-electron chi connectivity index (χ0n) is 14.8. The highest BCUT2D eigenvalue weighted by Gasteiger charge is 2.26. The number of hydrogen-bond donors (Lipinski definition) is 1. The van der Waals surface area contributed by atoms with E-state index in [1.54, 1.807) is 7.05 Å². The molecule has 0 spiro atoms. The quantitative estimate of drug-likeness (QED) is 0.923. The van der Waals surface area contributed by atoms with Crippen LogP contribution in [0.3, 0.4) is 0 Å². The summed E-state index contributed by atoms with van der Waals surface area (Å²) in [5.41, 5.74) is 6.10. The van der Waals surface area contributed by atoms with Crippen LogP contribution >= 0.6 is 0 Å². The van der Waals surface area contributed by atoms with Crippen LogP contribution in [0.15, 0.2) is 42.5 Å². The predicted molar refractivity (Wildman–Crippen MR) is 98.1 cm³/mol. The summed E-state index contributed by atoms with van der Waals surface area (Å²) in [6.07, 6.45) is 2.47. The molecule has 1 unspecified atom stereocenters. The fraction of sp³-hybridized carbons (Fsp3) is 0.381. The molecule has 126 valence electrons. The second-order valence-corrected chi connectivity index (χ2v) is 6.83. The van der Waals surface area contributed by atoms with Crippen LogP contribution in [0.25, 0.3) is 0 Å². The standard InChI is InChI=1S/C21H26N2O/c1-15-11-16(2)13-19(12-15)20-5-4-10-23(20)14-17-6-8-18(9-7-17)21(24)22-3/h6-9,11-13,20H,4-5,10,14H2,1-3H3,(H,22,24). The molecule has 3 nitrogen and oxygen atoms in total. The average molecular weight is 322 g/mol. The fourth-order valence-corrected chi connectivity index (χ4v) is 3.74. The van der Waals surface area contributed by atoms with Crippen molar-refractivity contribution in [1.29, 1.82) is 0 Å². The number of likely N-dealkylation sites (tertiary alicyclic amines) is 1. The van der Waals surface area contributed by atoms with Gasteiger partial charge < -0.3 is 5.32 Å². The number of nitrogens with one attached hydrogen (secondary N) is 1. The van der Waals surface area contributed by atoms with Crippen LogP contribution in [0, 0.1) is 13.8 Å². The third-order valence-electron chi connectivity index (χ3n) is 4.82. The highest BCUT2D eigenvalue weighted by atomic mass is 16.1. The molecule has 0 aromatic heterocycles. The van der Waals surface area contributed by atoms with Crippen LogP contribution in [-0.4, -0.2) is 24.4 Å². The summed E-state index contributed by atoms with van der Waals surface area (Å²) in [6.45, 7) is 6.42. The van der Waals surface area contributed by atoms with Crippen molar-refractivity contribution in [2.75, 3.05) is 13.6 Å². The van der Waals surface area contributed by atoms with Gasteiger partial charge in [0.2, 0.25) is 0 Å². The Balaban J connectivity index is 1.75. The number of rotatable bonds is 4. The number of carbonyl (C=O) groups excluding carboxylic acids is 1. The monoisotopic (exact) mass is 322 g/mol. The number of aryl methyl sites for hydroxylation is 2. The number of carbonyl (C=O) groups is 1. The molecule has 0 saturated carbocycles. The average Bonchev–Trinajstić information content (AvgIpc) is 3.02. The van der Waals surface area contributed by atoms with Gasteiger partial charge in [0.15, 0.2) is 0 Å². The SMILES string of the molecule is CNC(=O)c1ccc(CN2CCCC2c2cc(C)cc(C)c2)cc1. The molecule has 1 aliphatic rings. The molecule has 3 rings (SSSR count). The van der Waals surface area contributed by atoms with E-state index in [9.17, 15) is 4.79 Å². The molecule has 1 atom stereocenters. The summed E-state index contributed by atoms with van der Waals surface area (Å²) in [6, 6.07) is 15.4. The predicted octanol–water partition coefficient (Wildman–Crippen LogP) is 4.00. The van der Waals surface area contributed by atoms with E-state index in [0.717, 1.165) is 13.1 Å². The summed E-state index contributed by atoms with van der Waals surface area (Å²) in [4.78, 5) is 14.2. The molecule has 1 fully saturated rings. The number of hydrogen-bond acceptors (Lipinski definition) is 2. The first-order valence-electron chi connectivity index (χ1n) is 8.70. The largest absolute Gasteiger partial charge is 0.355 e. The Bertz CT molecular complexity index is 701. The molecule has 1 amide bonds. The lowest BCUT2D eigenvalue weighted by Gasteiger charge is -2.25. The first kappa shape index (κ1) is 16.7. The number of benzene rings is 2. The lowest BCUT2D eigenvalue weighted by Crippen LogP contribution is -2.23. The van der Waals surface area contributed by atoms with E-state index >= 15 is 0 Å². The van der Waals surface area contributed by atoms with Crippen molar-refractivity contribution in [2.45, 2.75) is 39.3 Å². The Morgan fingerprint density at radius 2 is 1.79 bits per heavy atom. The van der Waals surface area contributed by atoms with Gasteiger partial charge in [-0.05, 0) is 56.5 Å². The maximum atomic E-state index is 11.6. The minimum Gasteiger partial charge on any atom is -0.355 e. The third-order valence-corrected chi connectivity index (χ3v) is 4.82. The van der Waals surface area contributed by atoms with Gasteiger partial charge in [0.25, 0.3) is 5.91 Å². The summed E-state index contributed by atoms with van der Waals surface area (Å²) in [5, 5.41) is 2.66. The summed E-state index contributed by atoms with van der Waals surface area (Å²) in [7, 11) is 1.66. The van der Waals surface area contributed by atoms with Gasteiger partial charge in [0.1, 0.15) is 0 Å². The van der Waals surface area contributed by atoms with Gasteiger partial charge >= 0.3 is 0 Å². The Hall–Kier alpha value is -2.13. The van der Waals surface area contributed by atoms with E-state index in [0.29, 0.717) is 11.6 Å². The highest BCUT2D eigenvalue weighted by molar-refractivity contribution is 5.93. The fourth-order valence-electron chi connectivity index (χ4n) is 3.74. The molecular formula is C21H26N2O. The van der Waals surface area contributed by atoms with Gasteiger partial charge in [-0.3, -0.25) is 9.69 Å². The molecule has 24 heavy (non-hydrogen) atoms. The molecular weight excluding hydrogens is 296 g/mol. The molecule has 0 radical (unpaired) electrons. The zero-order chi connectivity index (χ0) is 17.1. The van der Waals surface area contributed by atoms with E-state index in [-0.39, 0.29) is 5.91 Å². The first-order chi connectivity index (χ1) is 11.6. The van der Waals surface area contributed by atoms with Crippen LogP contribution in [0.5, 0.6) is 0 Å². The molecule has 1 saturated heterocycles. The lowest BCUT2D eigenvalue weighted by molar-refractivity contribution is 0.0963. The van der Waals surface area contributed by atoms with Crippen LogP contribution in [-0.2, 0) is 6.54 Å². The van der Waals surface area contributed by atoms with Crippen molar-refractivity contribution in [3.63, 3.8) is 0 Å². The summed E-state index contributed by atoms with van der Waals surface area (Å²) < 4.78 is 0. The molecule has 0 aliphatic carbocycles. The van der Waals surface area contributed by atoms with Crippen LogP contribution < -0.4 is 5.32 Å². The smallest absolute Gasteiger partial charge is 0.251 e. The van der Waals surface area contributed by atoms with Gasteiger partial charge in [-0.2, -0.15) is 0 Å². The van der Waals surface area contributed by atoms with Crippen molar-refractivity contribution in [1.82, 2.24) is 10.2 Å². The van der Waals surface area contributed by atoms with Gasteiger partial charge in [0.05, 0.1) is 0 Å². The van der Waals surface area contributed by atoms with Crippen LogP contribution in [0.1, 0.15) is 51.5 Å². The van der Waals surface area contributed by atoms with Crippen molar-refractivity contribution >= 4 is 5.91 Å². The van der Waals surface area contributed by atoms with Crippen molar-refractivity contribution < 1.29 is 4.79 Å². The number of amides is 1. The molecule has 0 bridgehead atoms. The van der Waals surface area contributed by atoms with Crippen molar-refractivity contribution in [3.8, 4) is 0 Å². The van der Waals surface area contributed by atoms with E-state index in [1.807, 2.05) is 12.1 Å². The molecule has 2 aromatic carbocycles. The third kappa shape index (κ3) is 3.68. The van der Waals surface area contributed by atoms with E-state index in [4.69, 9.17) is 0 Å². The van der Waals surface area contributed by atoms with E-state index < -0.39 is 0 Å². The van der Waals surface area contributed by atoms with Gasteiger partial charge in [0, 0.05) is 25.2 Å². The van der Waals surface area contributed by atoms with Gasteiger partial charge in [-0.25, -0.2) is 0 Å². The normalized spacial score (nSPS) is 17.9. The summed E-state index contributed by atoms with van der Waals surface area (Å²) in [5.74, 6) is -0.0316. The van der Waals surface area contributed by atoms with Crippen molar-refractivity contribution in [2.24, 2.45) is 0 Å². The number of nitrogens with zero attached hydrogens (tertiary/aromatic N) is 1. The maximum Gasteiger partial charge on any atom is 0.251 e. The zero-order valence-corrected chi connectivity index (χ0v) is 14.8. The Morgan fingerprint density at radius 3 is 2.42 bits per heavy atom. The second-order valence-electron chi connectivity index (χ2n) is 6.83. The molecule has 1 heterocycles. The van der Waals surface area contributed by atoms with Crippen LogP contribution in [0.2, 0.25) is 0 Å². The molecule has 1 N–H and O–H groups in total. The maximum absolute atomic E-state index is 11.6. The lowest BCUT2D eigenvalue weighted by atomic mass is 9.99. The minimum absolute atomic E-state index is 0.0316. The van der Waals surface area contributed by atoms with Gasteiger partial charge in [-0.1, -0.05) is 41.5 Å². The molecule has 3 heteroatoms. The Labute approximate surface area is 144 Å². The second kappa shape index (κ2) is 7.18. The molecule has 1 aliphatic heterocycles. The minimum atomic E-state index is -0.0316. The summed E-state index contributed by atoms with van der Waals surface area (Å²) >= 11 is 0. The first-order valence-corrected chi connectivity index (χ1v) is 8.70. The van der Waals surface area contributed by atoms with Crippen molar-refractivity contribution in [3.05, 3.63) is 70.3 Å². The van der Waals surface area contributed by atoms with E-state index in [2.05, 4.69) is 54.4 Å². The van der Waals surface area contributed by atoms with E-state index in [1.165, 1.54) is 35.1 Å². The topological polar surface area (TPSA) is 32.3 Å². The van der Waals surface area contributed by atoms with Gasteiger partial charge in [-0.15, -0.1) is 0 Å². The molecule has 2 aromatic rings. The van der Waals surface area contributed by atoms with Crippen LogP contribution in [0.4, 0.5) is 0 Å². The highest BCUT2D eigenvalue weighted by Crippen LogP contribution is 2.34. The Morgan fingerprint density at radius 1 is 1.12 bits per heavy atom.